The first-order valence-electron chi connectivity index (χ1n) is 5.74. The van der Waals surface area contributed by atoms with Crippen LogP contribution in [0.2, 0.25) is 0 Å². The van der Waals surface area contributed by atoms with Crippen molar-refractivity contribution in [3.05, 3.63) is 30.1 Å². The van der Waals surface area contributed by atoms with Crippen molar-refractivity contribution in [2.24, 2.45) is 0 Å². The summed E-state index contributed by atoms with van der Waals surface area (Å²) in [6.07, 6.45) is 4.08. The predicted molar refractivity (Wildman–Crippen MR) is 62.5 cm³/mol. The maximum atomic E-state index is 11.7. The average molecular weight is 219 g/mol. The smallest absolute Gasteiger partial charge is 0.194 e. The number of hydrogen-bond donors (Lipinski definition) is 2. The monoisotopic (exact) mass is 219 g/mol. The normalized spacial score (nSPS) is 19.9. The molecule has 0 unspecified atom stereocenters. The molecule has 16 heavy (non-hydrogen) atoms. The first kappa shape index (κ1) is 11.2. The number of aromatic nitrogens is 1. The Morgan fingerprint density at radius 2 is 2.50 bits per heavy atom. The number of carbonyl (C=O) groups is 1. The number of hydrogen-bond acceptors (Lipinski definition) is 4. The molecule has 4 nitrogen and oxygen atoms in total. The van der Waals surface area contributed by atoms with E-state index in [0.717, 1.165) is 13.1 Å². The van der Waals surface area contributed by atoms with Gasteiger partial charge >= 0.3 is 0 Å². The summed E-state index contributed by atoms with van der Waals surface area (Å²) in [7, 11) is 0. The van der Waals surface area contributed by atoms with Gasteiger partial charge in [-0.15, -0.1) is 0 Å². The lowest BCUT2D eigenvalue weighted by Gasteiger charge is -2.10. The summed E-state index contributed by atoms with van der Waals surface area (Å²) < 4.78 is 0. The Kier molecular flexibility index (Phi) is 4.02. The van der Waals surface area contributed by atoms with E-state index in [1.54, 1.807) is 12.3 Å². The van der Waals surface area contributed by atoms with Crippen LogP contribution in [0.5, 0.6) is 0 Å². The zero-order chi connectivity index (χ0) is 11.2. The molecule has 4 heteroatoms. The lowest BCUT2D eigenvalue weighted by molar-refractivity contribution is 0.0986. The van der Waals surface area contributed by atoms with Gasteiger partial charge in [0.05, 0.1) is 6.54 Å². The molecule has 0 bridgehead atoms. The summed E-state index contributed by atoms with van der Waals surface area (Å²) in [5, 5.41) is 6.55. The summed E-state index contributed by atoms with van der Waals surface area (Å²) in [5.74, 6) is 0.0543. The number of carbonyl (C=O) groups excluding carboxylic acids is 1. The van der Waals surface area contributed by atoms with Crippen LogP contribution in [0, 0.1) is 0 Å². The predicted octanol–water partition coefficient (Wildman–Crippen LogP) is 0.606. The average Bonchev–Trinajstić information content (AvgIpc) is 2.83. The Morgan fingerprint density at radius 1 is 1.56 bits per heavy atom. The molecule has 0 aliphatic carbocycles. The van der Waals surface area contributed by atoms with Gasteiger partial charge in [0.15, 0.2) is 5.78 Å². The molecule has 0 aromatic carbocycles. The summed E-state index contributed by atoms with van der Waals surface area (Å²) in [6, 6.07) is 5.92. The van der Waals surface area contributed by atoms with E-state index in [-0.39, 0.29) is 5.78 Å². The lowest BCUT2D eigenvalue weighted by atomic mass is 10.2. The van der Waals surface area contributed by atoms with Gasteiger partial charge in [-0.25, -0.2) is 0 Å². The highest BCUT2D eigenvalue weighted by molar-refractivity contribution is 5.95. The fraction of sp³-hybridized carbons (Fsp3) is 0.500. The van der Waals surface area contributed by atoms with Crippen molar-refractivity contribution in [1.82, 2.24) is 15.6 Å². The largest absolute Gasteiger partial charge is 0.313 e. The van der Waals surface area contributed by atoms with Gasteiger partial charge in [0.25, 0.3) is 0 Å². The van der Waals surface area contributed by atoms with Crippen molar-refractivity contribution >= 4 is 5.78 Å². The van der Waals surface area contributed by atoms with Crippen molar-refractivity contribution in [3.63, 3.8) is 0 Å². The lowest BCUT2D eigenvalue weighted by Crippen LogP contribution is -2.36. The molecule has 0 spiro atoms. The number of Topliss-reactive ketones (excluding diaryl/α,β-unsaturated/α-hetero) is 1. The van der Waals surface area contributed by atoms with E-state index >= 15 is 0 Å². The molecule has 0 saturated carbocycles. The van der Waals surface area contributed by atoms with Crippen LogP contribution in [0.25, 0.3) is 0 Å². The van der Waals surface area contributed by atoms with E-state index in [1.807, 2.05) is 12.1 Å². The first-order valence-corrected chi connectivity index (χ1v) is 5.74. The third-order valence-electron chi connectivity index (χ3n) is 2.79. The molecule has 1 saturated heterocycles. The van der Waals surface area contributed by atoms with Gasteiger partial charge in [-0.05, 0) is 31.5 Å². The van der Waals surface area contributed by atoms with E-state index in [9.17, 15) is 4.79 Å². The van der Waals surface area contributed by atoms with Crippen LogP contribution in [-0.2, 0) is 0 Å². The molecule has 1 aromatic rings. The number of ketones is 1. The zero-order valence-electron chi connectivity index (χ0n) is 9.28. The fourth-order valence-corrected chi connectivity index (χ4v) is 1.91. The maximum Gasteiger partial charge on any atom is 0.194 e. The second kappa shape index (κ2) is 5.72. The molecule has 1 aromatic heterocycles. The minimum Gasteiger partial charge on any atom is -0.313 e. The molecule has 1 aliphatic rings. The number of pyridine rings is 1. The van der Waals surface area contributed by atoms with Gasteiger partial charge in [-0.2, -0.15) is 0 Å². The number of rotatable bonds is 5. The highest BCUT2D eigenvalue weighted by atomic mass is 16.1. The second-order valence-electron chi connectivity index (χ2n) is 4.06. The first-order chi connectivity index (χ1) is 7.86. The third kappa shape index (κ3) is 3.12. The van der Waals surface area contributed by atoms with Crippen LogP contribution in [0.4, 0.5) is 0 Å². The standard InChI is InChI=1S/C12H17N3O/c16-12(11-5-1-2-6-15-11)9-13-8-10-4-3-7-14-10/h1-2,5-6,10,13-14H,3-4,7-9H2/t10-/m0/s1. The van der Waals surface area contributed by atoms with Crippen molar-refractivity contribution in [1.29, 1.82) is 0 Å². The maximum absolute atomic E-state index is 11.7. The van der Waals surface area contributed by atoms with E-state index in [0.29, 0.717) is 18.3 Å². The van der Waals surface area contributed by atoms with Crippen LogP contribution in [0.1, 0.15) is 23.3 Å². The van der Waals surface area contributed by atoms with Gasteiger partial charge in [-0.1, -0.05) is 6.07 Å². The Labute approximate surface area is 95.5 Å². The molecular weight excluding hydrogens is 202 g/mol. The molecule has 2 rings (SSSR count). The van der Waals surface area contributed by atoms with Gasteiger partial charge in [-0.3, -0.25) is 9.78 Å². The Hall–Kier alpha value is -1.26. The zero-order valence-corrected chi connectivity index (χ0v) is 9.28. The van der Waals surface area contributed by atoms with E-state index in [1.165, 1.54) is 12.8 Å². The van der Waals surface area contributed by atoms with E-state index in [2.05, 4.69) is 15.6 Å². The summed E-state index contributed by atoms with van der Waals surface area (Å²) >= 11 is 0. The van der Waals surface area contributed by atoms with Gasteiger partial charge in [0.1, 0.15) is 5.69 Å². The Morgan fingerprint density at radius 3 is 3.19 bits per heavy atom. The van der Waals surface area contributed by atoms with Crippen molar-refractivity contribution in [2.45, 2.75) is 18.9 Å². The summed E-state index contributed by atoms with van der Waals surface area (Å²) in [6.45, 7) is 2.33. The van der Waals surface area contributed by atoms with Crippen molar-refractivity contribution in [3.8, 4) is 0 Å². The van der Waals surface area contributed by atoms with Gasteiger partial charge < -0.3 is 10.6 Å². The number of nitrogens with one attached hydrogen (secondary N) is 2. The minimum atomic E-state index is 0.0543. The molecule has 1 fully saturated rings. The Bertz CT molecular complexity index is 333. The molecule has 0 radical (unpaired) electrons. The topological polar surface area (TPSA) is 54.0 Å². The van der Waals surface area contributed by atoms with Crippen LogP contribution < -0.4 is 10.6 Å². The quantitative estimate of drug-likeness (QED) is 0.712. The van der Waals surface area contributed by atoms with E-state index in [4.69, 9.17) is 0 Å². The molecule has 2 heterocycles. The third-order valence-corrected chi connectivity index (χ3v) is 2.79. The highest BCUT2D eigenvalue weighted by Gasteiger charge is 2.14. The number of nitrogens with zero attached hydrogens (tertiary/aromatic N) is 1. The molecule has 86 valence electrons. The van der Waals surface area contributed by atoms with Crippen LogP contribution in [-0.4, -0.2) is 36.4 Å². The van der Waals surface area contributed by atoms with Crippen molar-refractivity contribution in [2.75, 3.05) is 19.6 Å². The van der Waals surface area contributed by atoms with Crippen LogP contribution in [0.15, 0.2) is 24.4 Å². The van der Waals surface area contributed by atoms with E-state index < -0.39 is 0 Å². The SMILES string of the molecule is O=C(CNC[C@@H]1CCCN1)c1ccccn1. The van der Waals surface area contributed by atoms with Gasteiger partial charge in [0.2, 0.25) is 0 Å². The summed E-state index contributed by atoms with van der Waals surface area (Å²) in [5.41, 5.74) is 0.536. The molecule has 0 amide bonds. The second-order valence-corrected chi connectivity index (χ2v) is 4.06. The molecule has 1 atom stereocenters. The molecule has 1 aliphatic heterocycles. The minimum absolute atomic E-state index is 0.0543. The highest BCUT2D eigenvalue weighted by Crippen LogP contribution is 2.03. The molecular formula is C12H17N3O. The van der Waals surface area contributed by atoms with Crippen molar-refractivity contribution < 1.29 is 4.79 Å². The van der Waals surface area contributed by atoms with Gasteiger partial charge in [0, 0.05) is 18.8 Å². The molecule has 2 N–H and O–H groups in total. The van der Waals surface area contributed by atoms with Crippen LogP contribution in [0.3, 0.4) is 0 Å². The Balaban J connectivity index is 1.71. The van der Waals surface area contributed by atoms with Crippen LogP contribution >= 0.6 is 0 Å². The summed E-state index contributed by atoms with van der Waals surface area (Å²) in [4.78, 5) is 15.7. The fourth-order valence-electron chi connectivity index (χ4n) is 1.91.